The van der Waals surface area contributed by atoms with E-state index in [4.69, 9.17) is 4.74 Å². The highest BCUT2D eigenvalue weighted by atomic mass is 16.5. The van der Waals surface area contributed by atoms with Crippen LogP contribution < -0.4 is 15.0 Å². The van der Waals surface area contributed by atoms with Crippen LogP contribution in [0.15, 0.2) is 24.3 Å². The summed E-state index contributed by atoms with van der Waals surface area (Å²) < 4.78 is 5.25. The third-order valence-electron chi connectivity index (χ3n) is 8.56. The highest BCUT2D eigenvalue weighted by Crippen LogP contribution is 2.61. The Bertz CT molecular complexity index is 719. The maximum Gasteiger partial charge on any atom is 0.234 e. The molecule has 1 saturated heterocycles. The van der Waals surface area contributed by atoms with Crippen molar-refractivity contribution >= 4 is 11.6 Å². The van der Waals surface area contributed by atoms with Crippen LogP contribution in [0.2, 0.25) is 0 Å². The average Bonchev–Trinajstić information content (AvgIpc) is 2.73. The molecule has 4 bridgehead atoms. The van der Waals surface area contributed by atoms with E-state index in [-0.39, 0.29) is 5.91 Å². The number of nitrogens with one attached hydrogen (secondary N) is 1. The average molecular weight is 412 g/mol. The molecule has 1 aliphatic heterocycles. The molecule has 0 aromatic heterocycles. The van der Waals surface area contributed by atoms with E-state index in [2.05, 4.69) is 34.2 Å². The highest BCUT2D eigenvalue weighted by Gasteiger charge is 2.53. The number of amides is 1. The molecule has 0 spiro atoms. The maximum absolute atomic E-state index is 12.9. The first-order valence-corrected chi connectivity index (χ1v) is 11.9. The summed E-state index contributed by atoms with van der Waals surface area (Å²) in [6.45, 7) is 6.62. The molecule has 6 rings (SSSR count). The molecule has 4 aliphatic carbocycles. The lowest BCUT2D eigenvalue weighted by Crippen LogP contribution is -2.57. The SMILES string of the molecule is COc1ccc(N2CCN(CC(=O)N[C@@H](C)C34CC5CC(CC(C5)C3)C4)CC2)cc1. The molecule has 1 atom stereocenters. The van der Waals surface area contributed by atoms with Crippen LogP contribution in [0.3, 0.4) is 0 Å². The molecule has 5 fully saturated rings. The molecule has 1 aromatic carbocycles. The zero-order valence-corrected chi connectivity index (χ0v) is 18.6. The Hall–Kier alpha value is -1.75. The number of rotatable bonds is 6. The zero-order chi connectivity index (χ0) is 20.7. The van der Waals surface area contributed by atoms with Gasteiger partial charge in [0.15, 0.2) is 0 Å². The van der Waals surface area contributed by atoms with Crippen molar-refractivity contribution in [1.29, 1.82) is 0 Å². The van der Waals surface area contributed by atoms with Gasteiger partial charge in [-0.3, -0.25) is 9.69 Å². The van der Waals surface area contributed by atoms with Gasteiger partial charge in [0, 0.05) is 37.9 Å². The van der Waals surface area contributed by atoms with Crippen molar-refractivity contribution in [3.05, 3.63) is 24.3 Å². The zero-order valence-electron chi connectivity index (χ0n) is 18.6. The number of benzene rings is 1. The third kappa shape index (κ3) is 3.93. The van der Waals surface area contributed by atoms with Crippen LogP contribution in [0.25, 0.3) is 0 Å². The van der Waals surface area contributed by atoms with Gasteiger partial charge in [-0.05, 0) is 92.9 Å². The molecular weight excluding hydrogens is 374 g/mol. The fraction of sp³-hybridized carbons (Fsp3) is 0.720. The van der Waals surface area contributed by atoms with Gasteiger partial charge in [-0.1, -0.05) is 0 Å². The fourth-order valence-corrected chi connectivity index (χ4v) is 7.31. The molecular formula is C25H37N3O2. The quantitative estimate of drug-likeness (QED) is 0.778. The van der Waals surface area contributed by atoms with Crippen molar-refractivity contribution in [2.24, 2.45) is 23.2 Å². The van der Waals surface area contributed by atoms with Gasteiger partial charge in [0.2, 0.25) is 5.91 Å². The number of methoxy groups -OCH3 is 1. The van der Waals surface area contributed by atoms with E-state index in [1.807, 2.05) is 12.1 Å². The largest absolute Gasteiger partial charge is 0.497 e. The first-order valence-electron chi connectivity index (χ1n) is 11.9. The fourth-order valence-electron chi connectivity index (χ4n) is 7.31. The first-order chi connectivity index (χ1) is 14.5. The van der Waals surface area contributed by atoms with Gasteiger partial charge >= 0.3 is 0 Å². The third-order valence-corrected chi connectivity index (χ3v) is 8.56. The standard InChI is InChI=1S/C25H37N3O2/c1-18(25-14-19-11-20(15-25)13-21(12-19)16-25)26-24(29)17-27-7-9-28(10-8-27)22-3-5-23(30-2)6-4-22/h3-6,18-21H,7-17H2,1-2H3,(H,26,29)/t18-,19?,20?,21?,25?/m0/s1. The van der Waals surface area contributed by atoms with E-state index >= 15 is 0 Å². The second-order valence-electron chi connectivity index (χ2n) is 10.5. The summed E-state index contributed by atoms with van der Waals surface area (Å²) in [5.74, 6) is 3.91. The lowest BCUT2D eigenvalue weighted by molar-refractivity contribution is -0.127. The van der Waals surface area contributed by atoms with Crippen molar-refractivity contribution in [2.75, 3.05) is 44.7 Å². The van der Waals surface area contributed by atoms with Crippen LogP contribution in [0, 0.1) is 23.2 Å². The van der Waals surface area contributed by atoms with Crippen LogP contribution >= 0.6 is 0 Å². The number of piperazine rings is 1. The van der Waals surface area contributed by atoms with Crippen LogP contribution in [0.4, 0.5) is 5.69 Å². The smallest absolute Gasteiger partial charge is 0.234 e. The molecule has 5 heteroatoms. The topological polar surface area (TPSA) is 44.8 Å². The second-order valence-corrected chi connectivity index (χ2v) is 10.5. The number of anilines is 1. The van der Waals surface area contributed by atoms with Crippen molar-refractivity contribution < 1.29 is 9.53 Å². The Kier molecular flexibility index (Phi) is 5.42. The summed E-state index contributed by atoms with van der Waals surface area (Å²) in [5.41, 5.74) is 1.62. The molecule has 0 unspecified atom stereocenters. The summed E-state index contributed by atoms with van der Waals surface area (Å²) in [4.78, 5) is 17.6. The molecule has 5 aliphatic rings. The van der Waals surface area contributed by atoms with Gasteiger partial charge in [0.1, 0.15) is 5.75 Å². The van der Waals surface area contributed by atoms with Crippen LogP contribution in [-0.4, -0.2) is 56.7 Å². The molecule has 0 radical (unpaired) electrons. The van der Waals surface area contributed by atoms with E-state index in [0.717, 1.165) is 49.7 Å². The summed E-state index contributed by atoms with van der Waals surface area (Å²) in [6, 6.07) is 8.59. The lowest BCUT2D eigenvalue weighted by atomic mass is 9.48. The van der Waals surface area contributed by atoms with Crippen LogP contribution in [0.5, 0.6) is 5.75 Å². The van der Waals surface area contributed by atoms with Crippen molar-refractivity contribution in [1.82, 2.24) is 10.2 Å². The molecule has 1 aromatic rings. The van der Waals surface area contributed by atoms with Gasteiger partial charge in [0.05, 0.1) is 13.7 Å². The summed E-state index contributed by atoms with van der Waals surface area (Å²) in [6.07, 6.45) is 8.41. The maximum atomic E-state index is 12.9. The molecule has 1 heterocycles. The predicted octanol–water partition coefficient (Wildman–Crippen LogP) is 3.54. The van der Waals surface area contributed by atoms with E-state index in [1.54, 1.807) is 7.11 Å². The van der Waals surface area contributed by atoms with E-state index < -0.39 is 0 Å². The molecule has 1 N–H and O–H groups in total. The normalized spacial score (nSPS) is 34.1. The Morgan fingerprint density at radius 2 is 1.60 bits per heavy atom. The van der Waals surface area contributed by atoms with Gasteiger partial charge < -0.3 is 15.0 Å². The van der Waals surface area contributed by atoms with Crippen LogP contribution in [-0.2, 0) is 4.79 Å². The van der Waals surface area contributed by atoms with Crippen LogP contribution in [0.1, 0.15) is 45.4 Å². The van der Waals surface area contributed by atoms with Gasteiger partial charge in [-0.2, -0.15) is 0 Å². The number of hydrogen-bond donors (Lipinski definition) is 1. The molecule has 4 saturated carbocycles. The van der Waals surface area contributed by atoms with Crippen molar-refractivity contribution in [3.63, 3.8) is 0 Å². The Labute approximate surface area is 181 Å². The first kappa shape index (κ1) is 20.2. The van der Waals surface area contributed by atoms with Gasteiger partial charge in [-0.15, -0.1) is 0 Å². The number of nitrogens with zero attached hydrogens (tertiary/aromatic N) is 2. The summed E-state index contributed by atoms with van der Waals surface area (Å²) in [5, 5.41) is 3.43. The van der Waals surface area contributed by atoms with E-state index in [9.17, 15) is 4.79 Å². The highest BCUT2D eigenvalue weighted by molar-refractivity contribution is 5.78. The number of ether oxygens (including phenoxy) is 1. The monoisotopic (exact) mass is 411 g/mol. The van der Waals surface area contributed by atoms with Gasteiger partial charge in [0.25, 0.3) is 0 Å². The minimum absolute atomic E-state index is 0.219. The van der Waals surface area contributed by atoms with Gasteiger partial charge in [-0.25, -0.2) is 0 Å². The van der Waals surface area contributed by atoms with E-state index in [1.165, 1.54) is 44.2 Å². The molecule has 5 nitrogen and oxygen atoms in total. The Morgan fingerprint density at radius 3 is 2.13 bits per heavy atom. The number of carbonyl (C=O) groups excluding carboxylic acids is 1. The number of hydrogen-bond acceptors (Lipinski definition) is 4. The lowest BCUT2D eigenvalue weighted by Gasteiger charge is -2.59. The van der Waals surface area contributed by atoms with Crippen molar-refractivity contribution in [2.45, 2.75) is 51.5 Å². The second kappa shape index (κ2) is 8.07. The summed E-state index contributed by atoms with van der Waals surface area (Å²) in [7, 11) is 1.70. The minimum atomic E-state index is 0.219. The molecule has 164 valence electrons. The predicted molar refractivity (Wildman–Crippen MR) is 120 cm³/mol. The number of carbonyl (C=O) groups is 1. The summed E-state index contributed by atoms with van der Waals surface area (Å²) >= 11 is 0. The van der Waals surface area contributed by atoms with Crippen molar-refractivity contribution in [3.8, 4) is 5.75 Å². The minimum Gasteiger partial charge on any atom is -0.497 e. The Balaban J connectivity index is 1.11. The Morgan fingerprint density at radius 1 is 1.03 bits per heavy atom. The van der Waals surface area contributed by atoms with E-state index in [0.29, 0.717) is 18.0 Å². The molecule has 30 heavy (non-hydrogen) atoms. The molecule has 1 amide bonds.